The Morgan fingerprint density at radius 1 is 1.26 bits per heavy atom. The van der Waals surface area contributed by atoms with Crippen LogP contribution in [0.2, 0.25) is 0 Å². The van der Waals surface area contributed by atoms with Crippen molar-refractivity contribution < 1.29 is 30.9 Å². The molecule has 3 atom stereocenters. The topological polar surface area (TPSA) is 145 Å². The second-order valence-corrected chi connectivity index (χ2v) is 11.9. The molecule has 3 rings (SSSR count). The van der Waals surface area contributed by atoms with Gasteiger partial charge in [-0.3, -0.25) is 4.79 Å². The first kappa shape index (κ1) is 23.2. The lowest BCUT2D eigenvalue weighted by Crippen LogP contribution is -2.50. The number of methoxy groups -OCH3 is 1. The first-order valence-electron chi connectivity index (χ1n) is 9.52. The van der Waals surface area contributed by atoms with Gasteiger partial charge in [-0.05, 0) is 38.5 Å². The smallest absolute Gasteiger partial charge is 0.242 e. The molecule has 170 valence electrons. The van der Waals surface area contributed by atoms with E-state index in [1.54, 1.807) is 19.9 Å². The molecule has 10 nitrogen and oxygen atoms in total. The number of amides is 1. The minimum absolute atomic E-state index is 0.0703. The third-order valence-corrected chi connectivity index (χ3v) is 9.23. The lowest BCUT2D eigenvalue weighted by molar-refractivity contribution is -0.118. The van der Waals surface area contributed by atoms with E-state index in [0.717, 1.165) is 0 Å². The van der Waals surface area contributed by atoms with Gasteiger partial charge < -0.3 is 19.9 Å². The molecular weight excluding hydrogens is 446 g/mol. The largest absolute Gasteiger partial charge is 0.495 e. The molecule has 0 radical (unpaired) electrons. The fraction of sp³-hybridized carbons (Fsp3) is 0.474. The van der Waals surface area contributed by atoms with Crippen molar-refractivity contribution in [2.45, 2.75) is 43.0 Å². The molecule has 0 spiro atoms. The maximum Gasteiger partial charge on any atom is 0.242 e. The van der Waals surface area contributed by atoms with Gasteiger partial charge in [0.25, 0.3) is 0 Å². The molecule has 1 saturated heterocycles. The average molecular weight is 472 g/mol. The van der Waals surface area contributed by atoms with Gasteiger partial charge >= 0.3 is 0 Å². The Labute approximate surface area is 181 Å². The number of carbonyl (C=O) groups is 1. The van der Waals surface area contributed by atoms with Gasteiger partial charge in [0, 0.05) is 12.1 Å². The first-order chi connectivity index (χ1) is 14.4. The molecule has 1 aromatic heterocycles. The van der Waals surface area contributed by atoms with Gasteiger partial charge in [0.15, 0.2) is 25.5 Å². The van der Waals surface area contributed by atoms with Gasteiger partial charge in [0.1, 0.15) is 16.4 Å². The molecule has 1 aliphatic heterocycles. The maximum absolute atomic E-state index is 13.4. The van der Waals surface area contributed by atoms with Crippen molar-refractivity contribution in [1.29, 1.82) is 0 Å². The summed E-state index contributed by atoms with van der Waals surface area (Å²) in [7, 11) is -6.36. The van der Waals surface area contributed by atoms with E-state index in [1.165, 1.54) is 32.2 Å². The Balaban J connectivity index is 1.86. The Morgan fingerprint density at radius 2 is 1.97 bits per heavy atom. The molecule has 1 aromatic carbocycles. The Morgan fingerprint density at radius 3 is 2.58 bits per heavy atom. The van der Waals surface area contributed by atoms with Crippen molar-refractivity contribution in [3.05, 3.63) is 35.6 Å². The van der Waals surface area contributed by atoms with E-state index in [1.807, 2.05) is 0 Å². The zero-order valence-corrected chi connectivity index (χ0v) is 19.2. The molecule has 1 amide bonds. The van der Waals surface area contributed by atoms with E-state index in [4.69, 9.17) is 9.26 Å². The fourth-order valence-corrected chi connectivity index (χ4v) is 8.42. The van der Waals surface area contributed by atoms with Crippen LogP contribution in [0.5, 0.6) is 5.75 Å². The third-order valence-electron chi connectivity index (χ3n) is 5.06. The molecule has 1 fully saturated rings. The van der Waals surface area contributed by atoms with Crippen LogP contribution in [0, 0.1) is 13.8 Å². The summed E-state index contributed by atoms with van der Waals surface area (Å²) in [5.74, 6) is -0.574. The van der Waals surface area contributed by atoms with Crippen LogP contribution < -0.4 is 15.4 Å². The number of ether oxygens (including phenoxy) is 1. The number of sulfone groups is 2. The standard InChI is InChI=1S/C19H25N3O7S2/c1-11-5-6-15(28-4)16(7-11)31(26,27)17-10-30(24,25)9-14(17)20-13(3)19(23)21-18-8-12(2)29-22-18/h5-8,13-14,17,20H,9-10H2,1-4H3,(H,21,22,23)/t13-,14-,17-/m0/s1. The normalized spacial score (nSPS) is 21.5. The summed E-state index contributed by atoms with van der Waals surface area (Å²) in [4.78, 5) is 12.4. The number of aromatic nitrogens is 1. The Bertz CT molecular complexity index is 1190. The molecule has 0 unspecified atom stereocenters. The van der Waals surface area contributed by atoms with Crippen LogP contribution in [0.15, 0.2) is 33.7 Å². The van der Waals surface area contributed by atoms with Crippen LogP contribution in [-0.2, 0) is 24.5 Å². The number of rotatable bonds is 7. The predicted molar refractivity (Wildman–Crippen MR) is 114 cm³/mol. The fourth-order valence-electron chi connectivity index (χ4n) is 3.50. The van der Waals surface area contributed by atoms with Gasteiger partial charge in [-0.15, -0.1) is 0 Å². The lowest BCUT2D eigenvalue weighted by Gasteiger charge is -2.24. The predicted octanol–water partition coefficient (Wildman–Crippen LogP) is 0.856. The quantitative estimate of drug-likeness (QED) is 0.600. The number of hydrogen-bond acceptors (Lipinski definition) is 9. The van der Waals surface area contributed by atoms with Crippen LogP contribution in [0.4, 0.5) is 5.82 Å². The molecule has 2 aromatic rings. The van der Waals surface area contributed by atoms with Gasteiger partial charge in [-0.2, -0.15) is 0 Å². The highest BCUT2D eigenvalue weighted by Crippen LogP contribution is 2.32. The molecule has 0 aliphatic carbocycles. The molecule has 1 aliphatic rings. The molecule has 31 heavy (non-hydrogen) atoms. The number of nitrogens with zero attached hydrogens (tertiary/aromatic N) is 1. The summed E-state index contributed by atoms with van der Waals surface area (Å²) in [5, 5.41) is 7.82. The van der Waals surface area contributed by atoms with Gasteiger partial charge in [-0.1, -0.05) is 11.2 Å². The molecule has 2 N–H and O–H groups in total. The van der Waals surface area contributed by atoms with Crippen molar-refractivity contribution in [1.82, 2.24) is 10.5 Å². The van der Waals surface area contributed by atoms with Crippen molar-refractivity contribution in [3.63, 3.8) is 0 Å². The van der Waals surface area contributed by atoms with Crippen molar-refractivity contribution >= 4 is 31.4 Å². The molecular formula is C19H25N3O7S2. The van der Waals surface area contributed by atoms with E-state index in [0.29, 0.717) is 11.3 Å². The number of hydrogen-bond donors (Lipinski definition) is 2. The van der Waals surface area contributed by atoms with Gasteiger partial charge in [-0.25, -0.2) is 16.8 Å². The molecule has 12 heteroatoms. The summed E-state index contributed by atoms with van der Waals surface area (Å²) < 4.78 is 61.6. The monoisotopic (exact) mass is 471 g/mol. The third kappa shape index (κ3) is 5.08. The zero-order valence-electron chi connectivity index (χ0n) is 17.6. The highest BCUT2D eigenvalue weighted by molar-refractivity contribution is 7.96. The SMILES string of the molecule is COc1ccc(C)cc1S(=O)(=O)[C@H]1CS(=O)(=O)C[C@@H]1N[C@@H](C)C(=O)Nc1cc(C)on1. The van der Waals surface area contributed by atoms with Gasteiger partial charge in [0.2, 0.25) is 5.91 Å². The number of carbonyl (C=O) groups excluding carboxylic acids is 1. The van der Waals surface area contributed by atoms with Crippen LogP contribution in [0.25, 0.3) is 0 Å². The van der Waals surface area contributed by atoms with Crippen LogP contribution in [0.1, 0.15) is 18.2 Å². The summed E-state index contributed by atoms with van der Waals surface area (Å²) in [6.07, 6.45) is 0. The Hall–Kier alpha value is -2.44. The van der Waals surface area contributed by atoms with Crippen molar-refractivity contribution in [2.24, 2.45) is 0 Å². The first-order valence-corrected chi connectivity index (χ1v) is 12.9. The van der Waals surface area contributed by atoms with E-state index in [9.17, 15) is 21.6 Å². The summed E-state index contributed by atoms with van der Waals surface area (Å²) in [6.45, 7) is 4.92. The summed E-state index contributed by atoms with van der Waals surface area (Å²) in [5.41, 5.74) is 0.695. The highest BCUT2D eigenvalue weighted by Gasteiger charge is 2.47. The average Bonchev–Trinajstić information content (AvgIpc) is 3.23. The van der Waals surface area contributed by atoms with Crippen molar-refractivity contribution in [2.75, 3.05) is 23.9 Å². The molecule has 2 heterocycles. The number of benzene rings is 1. The maximum atomic E-state index is 13.4. The number of anilines is 1. The van der Waals surface area contributed by atoms with Crippen molar-refractivity contribution in [3.8, 4) is 5.75 Å². The summed E-state index contributed by atoms with van der Waals surface area (Å²) >= 11 is 0. The zero-order chi connectivity index (χ0) is 23.0. The molecule has 0 bridgehead atoms. The van der Waals surface area contributed by atoms with Crippen LogP contribution >= 0.6 is 0 Å². The van der Waals surface area contributed by atoms with Crippen LogP contribution in [0.3, 0.4) is 0 Å². The number of aryl methyl sites for hydroxylation is 2. The van der Waals surface area contributed by atoms with Crippen LogP contribution in [-0.4, -0.2) is 63.8 Å². The number of nitrogens with one attached hydrogen (secondary N) is 2. The second-order valence-electron chi connectivity index (χ2n) is 7.62. The Kier molecular flexibility index (Phi) is 6.44. The van der Waals surface area contributed by atoms with E-state index >= 15 is 0 Å². The highest BCUT2D eigenvalue weighted by atomic mass is 32.2. The van der Waals surface area contributed by atoms with Gasteiger partial charge in [0.05, 0.1) is 29.9 Å². The van der Waals surface area contributed by atoms with E-state index in [2.05, 4.69) is 15.8 Å². The summed E-state index contributed by atoms with van der Waals surface area (Å²) in [6, 6.07) is 4.37. The second kappa shape index (κ2) is 8.60. The minimum atomic E-state index is -4.08. The van der Waals surface area contributed by atoms with E-state index < -0.39 is 54.4 Å². The lowest BCUT2D eigenvalue weighted by atomic mass is 10.2. The minimum Gasteiger partial charge on any atom is -0.495 e. The van der Waals surface area contributed by atoms with E-state index in [-0.39, 0.29) is 16.5 Å². The molecule has 0 saturated carbocycles.